The van der Waals surface area contributed by atoms with E-state index in [2.05, 4.69) is 16.7 Å². The first kappa shape index (κ1) is 26.9. The Morgan fingerprint density at radius 2 is 1.72 bits per heavy atom. The van der Waals surface area contributed by atoms with Crippen molar-refractivity contribution in [3.05, 3.63) is 29.8 Å². The van der Waals surface area contributed by atoms with Crippen molar-refractivity contribution in [1.29, 1.82) is 0 Å². The summed E-state index contributed by atoms with van der Waals surface area (Å²) in [6, 6.07) is 7.89. The molecule has 200 valence electrons. The van der Waals surface area contributed by atoms with Crippen molar-refractivity contribution in [2.45, 2.75) is 81.4 Å². The van der Waals surface area contributed by atoms with Gasteiger partial charge in [-0.2, -0.15) is 0 Å². The van der Waals surface area contributed by atoms with Crippen LogP contribution in [0.5, 0.6) is 5.75 Å². The molecule has 0 radical (unpaired) electrons. The lowest BCUT2D eigenvalue weighted by Gasteiger charge is -2.35. The smallest absolute Gasteiger partial charge is 0.293 e. The summed E-state index contributed by atoms with van der Waals surface area (Å²) in [5, 5.41) is 0. The fraction of sp³-hybridized carbons (Fsp3) is 0.714. The minimum absolute atomic E-state index is 0.0677. The largest absolute Gasteiger partial charge is 0.494 e. The molecular weight excluding hydrogens is 456 g/mol. The minimum Gasteiger partial charge on any atom is -0.494 e. The molecule has 0 bridgehead atoms. The molecule has 0 aromatic heterocycles. The summed E-state index contributed by atoms with van der Waals surface area (Å²) in [6.07, 6.45) is 8.76. The van der Waals surface area contributed by atoms with E-state index in [-0.39, 0.29) is 22.6 Å². The number of nitrogens with two attached hydrogens (primary N) is 2. The Kier molecular flexibility index (Phi) is 8.27. The molecule has 36 heavy (non-hydrogen) atoms. The molecule has 0 spiro atoms. The van der Waals surface area contributed by atoms with Crippen LogP contribution in [0.1, 0.15) is 63.9 Å². The molecule has 2 saturated carbocycles. The fourth-order valence-corrected chi connectivity index (χ4v) is 5.59. The van der Waals surface area contributed by atoms with Gasteiger partial charge in [-0.3, -0.25) is 9.59 Å². The summed E-state index contributed by atoms with van der Waals surface area (Å²) in [5.74, 6) is 1.58. The number of piperidine rings is 1. The summed E-state index contributed by atoms with van der Waals surface area (Å²) >= 11 is 0. The van der Waals surface area contributed by atoms with Crippen molar-refractivity contribution >= 4 is 12.4 Å². The van der Waals surface area contributed by atoms with E-state index >= 15 is 0 Å². The molecular formula is C28H44N4O4. The molecule has 2 saturated heterocycles. The number of ether oxygens (including phenoxy) is 2. The maximum Gasteiger partial charge on any atom is 0.293 e. The number of carbonyl (C=O) groups is 2. The molecule has 2 unspecified atom stereocenters. The maximum absolute atomic E-state index is 12.3. The molecule has 2 aliphatic heterocycles. The highest BCUT2D eigenvalue weighted by Gasteiger charge is 2.65. The Morgan fingerprint density at radius 1 is 1.08 bits per heavy atom. The Bertz CT molecular complexity index is 891. The van der Waals surface area contributed by atoms with Crippen molar-refractivity contribution in [3.63, 3.8) is 0 Å². The van der Waals surface area contributed by atoms with E-state index in [0.717, 1.165) is 88.9 Å². The molecule has 1 amide bonds. The highest BCUT2D eigenvalue weighted by atomic mass is 16.5. The molecule has 2 heterocycles. The summed E-state index contributed by atoms with van der Waals surface area (Å²) in [5.41, 5.74) is 13.8. The van der Waals surface area contributed by atoms with E-state index in [1.165, 1.54) is 0 Å². The third kappa shape index (κ3) is 6.58. The van der Waals surface area contributed by atoms with Crippen molar-refractivity contribution in [3.8, 4) is 5.75 Å². The van der Waals surface area contributed by atoms with Crippen molar-refractivity contribution in [2.75, 3.05) is 39.8 Å². The molecule has 1 aromatic carbocycles. The maximum atomic E-state index is 12.3. The summed E-state index contributed by atoms with van der Waals surface area (Å²) in [6.45, 7) is 7.07. The van der Waals surface area contributed by atoms with Gasteiger partial charge >= 0.3 is 0 Å². The monoisotopic (exact) mass is 500 g/mol. The van der Waals surface area contributed by atoms with Crippen molar-refractivity contribution in [2.24, 2.45) is 17.4 Å². The van der Waals surface area contributed by atoms with E-state index in [9.17, 15) is 9.59 Å². The first-order chi connectivity index (χ1) is 17.2. The second kappa shape index (κ2) is 11.1. The van der Waals surface area contributed by atoms with Gasteiger partial charge in [0.15, 0.2) is 0 Å². The lowest BCUT2D eigenvalue weighted by Crippen LogP contribution is -2.50. The topological polar surface area (TPSA) is 111 Å². The normalized spacial score (nSPS) is 29.2. The summed E-state index contributed by atoms with van der Waals surface area (Å²) in [4.78, 5) is 26.2. The molecule has 4 N–H and O–H groups in total. The minimum atomic E-state index is -0.296. The molecule has 2 atom stereocenters. The third-order valence-corrected chi connectivity index (χ3v) is 8.70. The van der Waals surface area contributed by atoms with Gasteiger partial charge in [0.25, 0.3) is 6.47 Å². The highest BCUT2D eigenvalue weighted by Crippen LogP contribution is 2.53. The van der Waals surface area contributed by atoms with Gasteiger partial charge in [-0.05, 0) is 95.6 Å². The molecule has 5 rings (SSSR count). The number of carbonyl (C=O) groups excluding carboxylic acids is 2. The van der Waals surface area contributed by atoms with Gasteiger partial charge in [0.2, 0.25) is 5.91 Å². The molecule has 4 fully saturated rings. The van der Waals surface area contributed by atoms with Crippen molar-refractivity contribution < 1.29 is 19.1 Å². The van der Waals surface area contributed by atoms with Crippen LogP contribution in [0.2, 0.25) is 0 Å². The number of rotatable bonds is 9. The van der Waals surface area contributed by atoms with E-state index in [4.69, 9.17) is 16.2 Å². The van der Waals surface area contributed by atoms with Crippen LogP contribution >= 0.6 is 0 Å². The number of nitrogens with zero attached hydrogens (tertiary/aromatic N) is 2. The van der Waals surface area contributed by atoms with Crippen LogP contribution in [0.3, 0.4) is 0 Å². The lowest BCUT2D eigenvalue weighted by atomic mass is 9.84. The Labute approximate surface area is 215 Å². The van der Waals surface area contributed by atoms with Crippen LogP contribution in [0.4, 0.5) is 0 Å². The summed E-state index contributed by atoms with van der Waals surface area (Å²) in [7, 11) is 2.17. The van der Waals surface area contributed by atoms with E-state index in [1.54, 1.807) is 0 Å². The molecule has 8 nitrogen and oxygen atoms in total. The fourth-order valence-electron chi connectivity index (χ4n) is 5.59. The van der Waals surface area contributed by atoms with Crippen LogP contribution < -0.4 is 16.2 Å². The number of amides is 1. The average molecular weight is 501 g/mol. The lowest BCUT2D eigenvalue weighted by molar-refractivity contribution is -0.134. The van der Waals surface area contributed by atoms with Gasteiger partial charge in [-0.25, -0.2) is 0 Å². The zero-order valence-corrected chi connectivity index (χ0v) is 22.0. The van der Waals surface area contributed by atoms with Gasteiger partial charge in [-0.1, -0.05) is 12.1 Å². The first-order valence-corrected chi connectivity index (χ1v) is 13.5. The van der Waals surface area contributed by atoms with Gasteiger partial charge in [-0.15, -0.1) is 0 Å². The average Bonchev–Trinajstić information content (AvgIpc) is 3.58. The standard InChI is InChI=1S/C23H36N4O2.C5H8O2/c1-26-13-8-19(9-14-26)23(25)17-22(23,24)10-15-29-20-6-4-18(5-7-20)16-21(28)27-11-2-3-12-27;1-5(2-3-5)7-4-6/h4-7,19H,2-3,8-17,24-25H2,1H3;4H,2-3H2,1H3. The molecule has 4 aliphatic rings. The highest BCUT2D eigenvalue weighted by molar-refractivity contribution is 5.79. The molecule has 1 aromatic rings. The third-order valence-electron chi connectivity index (χ3n) is 8.70. The second-order valence-electron chi connectivity index (χ2n) is 11.6. The second-order valence-corrected chi connectivity index (χ2v) is 11.6. The Hall–Kier alpha value is -2.16. The number of hydrogen-bond acceptors (Lipinski definition) is 7. The zero-order chi connectivity index (χ0) is 25.8. The van der Waals surface area contributed by atoms with Gasteiger partial charge < -0.3 is 30.7 Å². The Balaban J connectivity index is 0.000000375. The van der Waals surface area contributed by atoms with Crippen molar-refractivity contribution in [1.82, 2.24) is 9.80 Å². The van der Waals surface area contributed by atoms with E-state index in [0.29, 0.717) is 25.4 Å². The SMILES string of the molecule is CC1(OC=O)CC1.CN1CCC(C2(N)CC2(N)CCOc2ccc(CC(=O)N3CCCC3)cc2)CC1. The van der Waals surface area contributed by atoms with Gasteiger partial charge in [0, 0.05) is 30.6 Å². The molecule has 2 aliphatic carbocycles. The van der Waals surface area contributed by atoms with Crippen LogP contribution in [0.15, 0.2) is 24.3 Å². The number of likely N-dealkylation sites (tertiary alicyclic amines) is 2. The van der Waals surface area contributed by atoms with Gasteiger partial charge in [0.05, 0.1) is 13.0 Å². The van der Waals surface area contributed by atoms with Crippen LogP contribution in [-0.4, -0.2) is 78.7 Å². The van der Waals surface area contributed by atoms with Crippen LogP contribution in [0, 0.1) is 5.92 Å². The predicted molar refractivity (Wildman–Crippen MR) is 140 cm³/mol. The number of benzene rings is 1. The van der Waals surface area contributed by atoms with E-state index in [1.807, 2.05) is 36.1 Å². The quantitative estimate of drug-likeness (QED) is 0.501. The first-order valence-electron chi connectivity index (χ1n) is 13.5. The molecule has 8 heteroatoms. The number of hydrogen-bond donors (Lipinski definition) is 2. The predicted octanol–water partition coefficient (Wildman–Crippen LogP) is 2.47. The van der Waals surface area contributed by atoms with Gasteiger partial charge in [0.1, 0.15) is 11.4 Å². The Morgan fingerprint density at radius 3 is 2.28 bits per heavy atom. The van der Waals surface area contributed by atoms with E-state index < -0.39 is 0 Å². The summed E-state index contributed by atoms with van der Waals surface area (Å²) < 4.78 is 10.6. The van der Waals surface area contributed by atoms with Crippen LogP contribution in [-0.2, 0) is 20.7 Å². The zero-order valence-electron chi connectivity index (χ0n) is 22.0. The van der Waals surface area contributed by atoms with Crippen LogP contribution in [0.25, 0.3) is 0 Å².